The van der Waals surface area contributed by atoms with Gasteiger partial charge in [0.2, 0.25) is 0 Å². The second kappa shape index (κ2) is 7.20. The van der Waals surface area contributed by atoms with Gasteiger partial charge in [-0.3, -0.25) is 4.90 Å². The molecule has 90 valence electrons. The van der Waals surface area contributed by atoms with E-state index in [-0.39, 0.29) is 0 Å². The summed E-state index contributed by atoms with van der Waals surface area (Å²) in [5, 5.41) is 0. The van der Waals surface area contributed by atoms with Crippen LogP contribution in [0.3, 0.4) is 0 Å². The Hall–Kier alpha value is -0.120. The molecule has 0 saturated carbocycles. The number of nitrogens with zero attached hydrogens (tertiary/aromatic N) is 2. The summed E-state index contributed by atoms with van der Waals surface area (Å²) >= 11 is 0. The van der Waals surface area contributed by atoms with Crippen LogP contribution in [0.25, 0.3) is 0 Å². The predicted molar refractivity (Wildman–Crippen MR) is 66.0 cm³/mol. The largest absolute Gasteiger partial charge is 0.329 e. The van der Waals surface area contributed by atoms with Crippen molar-refractivity contribution in [3.63, 3.8) is 0 Å². The molecule has 0 aromatic carbocycles. The molecule has 2 N–H and O–H groups in total. The van der Waals surface area contributed by atoms with Gasteiger partial charge in [0, 0.05) is 39.3 Å². The van der Waals surface area contributed by atoms with E-state index in [4.69, 9.17) is 5.73 Å². The lowest BCUT2D eigenvalue weighted by Gasteiger charge is -2.34. The van der Waals surface area contributed by atoms with Gasteiger partial charge in [-0.2, -0.15) is 0 Å². The van der Waals surface area contributed by atoms with E-state index in [1.807, 2.05) is 0 Å². The second-order valence-electron chi connectivity index (χ2n) is 5.01. The van der Waals surface area contributed by atoms with E-state index in [0.717, 1.165) is 19.0 Å². The highest BCUT2D eigenvalue weighted by molar-refractivity contribution is 4.71. The topological polar surface area (TPSA) is 32.5 Å². The molecule has 1 rings (SSSR count). The van der Waals surface area contributed by atoms with Gasteiger partial charge in [-0.1, -0.05) is 13.8 Å². The molecule has 3 heteroatoms. The summed E-state index contributed by atoms with van der Waals surface area (Å²) in [7, 11) is 0. The zero-order valence-corrected chi connectivity index (χ0v) is 10.4. The first-order chi connectivity index (χ1) is 7.22. The minimum atomic E-state index is 0.799. The van der Waals surface area contributed by atoms with Crippen LogP contribution >= 0.6 is 0 Å². The van der Waals surface area contributed by atoms with E-state index in [1.165, 1.54) is 45.6 Å². The van der Waals surface area contributed by atoms with E-state index < -0.39 is 0 Å². The summed E-state index contributed by atoms with van der Waals surface area (Å²) in [5.41, 5.74) is 5.55. The fourth-order valence-corrected chi connectivity index (χ4v) is 2.14. The minimum absolute atomic E-state index is 0.799. The van der Waals surface area contributed by atoms with E-state index >= 15 is 0 Å². The van der Waals surface area contributed by atoms with Crippen LogP contribution in [0, 0.1) is 5.92 Å². The molecule has 1 aliphatic rings. The van der Waals surface area contributed by atoms with Crippen molar-refractivity contribution < 1.29 is 0 Å². The highest BCUT2D eigenvalue weighted by atomic mass is 15.3. The van der Waals surface area contributed by atoms with E-state index in [9.17, 15) is 0 Å². The number of piperazine rings is 1. The normalized spacial score (nSPS) is 20.0. The molecule has 1 heterocycles. The molecule has 3 nitrogen and oxygen atoms in total. The number of hydrogen-bond donors (Lipinski definition) is 1. The van der Waals surface area contributed by atoms with E-state index in [0.29, 0.717) is 0 Å². The molecule has 0 spiro atoms. The Morgan fingerprint density at radius 2 is 1.53 bits per heavy atom. The number of rotatable bonds is 6. The lowest BCUT2D eigenvalue weighted by Crippen LogP contribution is -2.47. The first kappa shape index (κ1) is 12.9. The molecule has 0 aromatic heterocycles. The van der Waals surface area contributed by atoms with Gasteiger partial charge in [-0.15, -0.1) is 0 Å². The second-order valence-corrected chi connectivity index (χ2v) is 5.01. The maximum absolute atomic E-state index is 5.55. The Kier molecular flexibility index (Phi) is 6.22. The Morgan fingerprint density at radius 3 is 2.00 bits per heavy atom. The number of hydrogen-bond acceptors (Lipinski definition) is 3. The maximum atomic E-state index is 5.55. The van der Waals surface area contributed by atoms with Crippen LogP contribution in [0.4, 0.5) is 0 Å². The SMILES string of the molecule is CC(C)CCCN1CCN(CCN)CC1. The number of nitrogens with two attached hydrogens (primary N) is 1. The zero-order chi connectivity index (χ0) is 11.1. The molecule has 0 radical (unpaired) electrons. The van der Waals surface area contributed by atoms with Gasteiger partial charge in [0.15, 0.2) is 0 Å². The van der Waals surface area contributed by atoms with Gasteiger partial charge in [0.25, 0.3) is 0 Å². The smallest absolute Gasteiger partial charge is 0.0110 e. The summed E-state index contributed by atoms with van der Waals surface area (Å²) in [6.45, 7) is 12.6. The van der Waals surface area contributed by atoms with Crippen LogP contribution in [0.2, 0.25) is 0 Å². The summed E-state index contributed by atoms with van der Waals surface area (Å²) in [6.07, 6.45) is 2.72. The Morgan fingerprint density at radius 1 is 1.00 bits per heavy atom. The Balaban J connectivity index is 2.04. The van der Waals surface area contributed by atoms with Crippen molar-refractivity contribution in [3.8, 4) is 0 Å². The van der Waals surface area contributed by atoms with Gasteiger partial charge in [-0.05, 0) is 25.3 Å². The summed E-state index contributed by atoms with van der Waals surface area (Å²) in [4.78, 5) is 5.06. The molecule has 0 bridgehead atoms. The van der Waals surface area contributed by atoms with Crippen LogP contribution in [-0.4, -0.2) is 55.6 Å². The minimum Gasteiger partial charge on any atom is -0.329 e. The third-order valence-electron chi connectivity index (χ3n) is 3.17. The van der Waals surface area contributed by atoms with Gasteiger partial charge >= 0.3 is 0 Å². The molecule has 1 saturated heterocycles. The average molecular weight is 213 g/mol. The van der Waals surface area contributed by atoms with E-state index in [1.54, 1.807) is 0 Å². The average Bonchev–Trinajstić information content (AvgIpc) is 2.20. The Labute approximate surface area is 94.6 Å². The van der Waals surface area contributed by atoms with Crippen molar-refractivity contribution in [2.24, 2.45) is 11.7 Å². The molecule has 15 heavy (non-hydrogen) atoms. The Bertz CT molecular complexity index is 151. The fraction of sp³-hybridized carbons (Fsp3) is 1.00. The van der Waals surface area contributed by atoms with Crippen molar-refractivity contribution in [2.45, 2.75) is 26.7 Å². The van der Waals surface area contributed by atoms with Crippen LogP contribution < -0.4 is 5.73 Å². The van der Waals surface area contributed by atoms with Gasteiger partial charge in [0.1, 0.15) is 0 Å². The molecule has 1 fully saturated rings. The monoisotopic (exact) mass is 213 g/mol. The quantitative estimate of drug-likeness (QED) is 0.714. The molecule has 0 amide bonds. The predicted octanol–water partition coefficient (Wildman–Crippen LogP) is 0.999. The molecule has 0 atom stereocenters. The van der Waals surface area contributed by atoms with Crippen molar-refractivity contribution in [1.29, 1.82) is 0 Å². The molecule has 0 aliphatic carbocycles. The van der Waals surface area contributed by atoms with Crippen molar-refractivity contribution >= 4 is 0 Å². The molecule has 0 aromatic rings. The fourth-order valence-electron chi connectivity index (χ4n) is 2.14. The van der Waals surface area contributed by atoms with Gasteiger partial charge in [-0.25, -0.2) is 0 Å². The van der Waals surface area contributed by atoms with Crippen LogP contribution in [-0.2, 0) is 0 Å². The van der Waals surface area contributed by atoms with Crippen LogP contribution in [0.5, 0.6) is 0 Å². The lowest BCUT2D eigenvalue weighted by atomic mass is 10.1. The van der Waals surface area contributed by atoms with Gasteiger partial charge < -0.3 is 10.6 Å². The standard InChI is InChI=1S/C12H27N3/c1-12(2)4-3-6-14-8-10-15(7-5-13)11-9-14/h12H,3-11,13H2,1-2H3. The molecule has 0 unspecified atom stereocenters. The molecular weight excluding hydrogens is 186 g/mol. The highest BCUT2D eigenvalue weighted by Gasteiger charge is 2.15. The lowest BCUT2D eigenvalue weighted by molar-refractivity contribution is 0.132. The highest BCUT2D eigenvalue weighted by Crippen LogP contribution is 2.07. The third-order valence-corrected chi connectivity index (χ3v) is 3.17. The van der Waals surface area contributed by atoms with E-state index in [2.05, 4.69) is 23.6 Å². The first-order valence-electron chi connectivity index (χ1n) is 6.37. The summed E-state index contributed by atoms with van der Waals surface area (Å²) < 4.78 is 0. The molecule has 1 aliphatic heterocycles. The first-order valence-corrected chi connectivity index (χ1v) is 6.37. The van der Waals surface area contributed by atoms with Crippen LogP contribution in [0.1, 0.15) is 26.7 Å². The summed E-state index contributed by atoms with van der Waals surface area (Å²) in [6, 6.07) is 0. The maximum Gasteiger partial charge on any atom is 0.0110 e. The van der Waals surface area contributed by atoms with Crippen molar-refractivity contribution in [1.82, 2.24) is 9.80 Å². The van der Waals surface area contributed by atoms with Crippen molar-refractivity contribution in [2.75, 3.05) is 45.8 Å². The molecular formula is C12H27N3. The third kappa shape index (κ3) is 5.50. The van der Waals surface area contributed by atoms with Gasteiger partial charge in [0.05, 0.1) is 0 Å². The zero-order valence-electron chi connectivity index (χ0n) is 10.4. The van der Waals surface area contributed by atoms with Crippen LogP contribution in [0.15, 0.2) is 0 Å². The van der Waals surface area contributed by atoms with Crippen molar-refractivity contribution in [3.05, 3.63) is 0 Å². The summed E-state index contributed by atoms with van der Waals surface area (Å²) in [5.74, 6) is 0.850.